The van der Waals surface area contributed by atoms with E-state index in [2.05, 4.69) is 0 Å². The molecule has 0 aliphatic carbocycles. The smallest absolute Gasteiger partial charge is 0.336 e. The Kier molecular flexibility index (Phi) is 6.42. The summed E-state index contributed by atoms with van der Waals surface area (Å²) in [7, 11) is 0. The summed E-state index contributed by atoms with van der Waals surface area (Å²) in [6.07, 6.45) is 0.192. The number of ether oxygens (including phenoxy) is 2. The van der Waals surface area contributed by atoms with Crippen LogP contribution in [0.4, 0.5) is 0 Å². The van der Waals surface area contributed by atoms with Gasteiger partial charge in [-0.1, -0.05) is 0 Å². The number of aliphatic hydroxyl groups is 1. The minimum atomic E-state index is -0.438. The highest BCUT2D eigenvalue weighted by Crippen LogP contribution is 2.31. The van der Waals surface area contributed by atoms with E-state index in [0.717, 1.165) is 0 Å². The minimum Gasteiger partial charge on any atom is -0.463 e. The summed E-state index contributed by atoms with van der Waals surface area (Å²) in [5, 5.41) is 9.19. The molecule has 1 rings (SSSR count). The summed E-state index contributed by atoms with van der Waals surface area (Å²) < 4.78 is 10.1. The molecule has 0 atom stereocenters. The third-order valence-corrected chi connectivity index (χ3v) is 3.40. The van der Waals surface area contributed by atoms with Gasteiger partial charge in [0.2, 0.25) is 0 Å². The zero-order valence-corrected chi connectivity index (χ0v) is 13.1. The molecule has 1 N–H and O–H groups in total. The van der Waals surface area contributed by atoms with Gasteiger partial charge in [-0.25, -0.2) is 9.59 Å². The first-order valence-electron chi connectivity index (χ1n) is 7.09. The first kappa shape index (κ1) is 17.2. The van der Waals surface area contributed by atoms with Crippen molar-refractivity contribution < 1.29 is 24.2 Å². The SMILES string of the molecule is CCOC(=O)C1=C(C)N(CCO)C(C)=C(C(=O)OCC)C1. The van der Waals surface area contributed by atoms with Crippen LogP contribution in [0.1, 0.15) is 34.1 Å². The minimum absolute atomic E-state index is 0.0824. The molecule has 6 nitrogen and oxygen atoms in total. The van der Waals surface area contributed by atoms with Gasteiger partial charge in [0.05, 0.1) is 31.0 Å². The Morgan fingerprint density at radius 3 is 1.81 bits per heavy atom. The fourth-order valence-corrected chi connectivity index (χ4v) is 2.32. The molecule has 0 bridgehead atoms. The average molecular weight is 297 g/mol. The van der Waals surface area contributed by atoms with Crippen molar-refractivity contribution in [1.29, 1.82) is 0 Å². The molecule has 6 heteroatoms. The number of hydrogen-bond donors (Lipinski definition) is 1. The maximum atomic E-state index is 12.0. The van der Waals surface area contributed by atoms with E-state index in [-0.39, 0.29) is 26.2 Å². The number of rotatable bonds is 6. The van der Waals surface area contributed by atoms with Crippen molar-refractivity contribution in [3.05, 3.63) is 22.5 Å². The molecular weight excluding hydrogens is 274 g/mol. The van der Waals surface area contributed by atoms with Crippen molar-refractivity contribution in [3.63, 3.8) is 0 Å². The fraction of sp³-hybridized carbons (Fsp3) is 0.600. The quantitative estimate of drug-likeness (QED) is 0.746. The second-order valence-corrected chi connectivity index (χ2v) is 4.62. The molecule has 0 aromatic heterocycles. The van der Waals surface area contributed by atoms with Crippen molar-refractivity contribution in [2.24, 2.45) is 0 Å². The van der Waals surface area contributed by atoms with E-state index in [0.29, 0.717) is 29.1 Å². The van der Waals surface area contributed by atoms with Crippen molar-refractivity contribution in [2.45, 2.75) is 34.1 Å². The predicted octanol–water partition coefficient (Wildman–Crippen LogP) is 1.36. The van der Waals surface area contributed by atoms with Gasteiger partial charge in [0.15, 0.2) is 0 Å². The maximum absolute atomic E-state index is 12.0. The van der Waals surface area contributed by atoms with Crippen molar-refractivity contribution in [1.82, 2.24) is 4.90 Å². The highest BCUT2D eigenvalue weighted by Gasteiger charge is 2.30. The van der Waals surface area contributed by atoms with Gasteiger partial charge < -0.3 is 19.5 Å². The first-order valence-corrected chi connectivity index (χ1v) is 7.09. The molecule has 21 heavy (non-hydrogen) atoms. The molecule has 0 fully saturated rings. The Morgan fingerprint density at radius 1 is 1.05 bits per heavy atom. The van der Waals surface area contributed by atoms with E-state index in [9.17, 15) is 14.7 Å². The third-order valence-electron chi connectivity index (χ3n) is 3.40. The number of allylic oxidation sites excluding steroid dienone is 2. The lowest BCUT2D eigenvalue weighted by molar-refractivity contribution is -0.139. The summed E-state index contributed by atoms with van der Waals surface area (Å²) in [6.45, 7) is 7.80. The highest BCUT2D eigenvalue weighted by atomic mass is 16.5. The van der Waals surface area contributed by atoms with E-state index >= 15 is 0 Å². The zero-order valence-electron chi connectivity index (χ0n) is 13.1. The Bertz CT molecular complexity index is 438. The monoisotopic (exact) mass is 297 g/mol. The lowest BCUT2D eigenvalue weighted by Gasteiger charge is -2.33. The summed E-state index contributed by atoms with van der Waals surface area (Å²) in [6, 6.07) is 0. The van der Waals surface area contributed by atoms with E-state index < -0.39 is 11.9 Å². The van der Waals surface area contributed by atoms with Gasteiger partial charge in [-0.05, 0) is 27.7 Å². The topological polar surface area (TPSA) is 76.1 Å². The summed E-state index contributed by atoms with van der Waals surface area (Å²) in [5.41, 5.74) is 2.26. The maximum Gasteiger partial charge on any atom is 0.336 e. The van der Waals surface area contributed by atoms with Crippen LogP contribution in [0, 0.1) is 0 Å². The van der Waals surface area contributed by atoms with Crippen LogP contribution in [0.2, 0.25) is 0 Å². The molecule has 0 saturated carbocycles. The number of nitrogens with zero attached hydrogens (tertiary/aromatic N) is 1. The molecule has 0 aromatic rings. The number of esters is 2. The normalized spacial score (nSPS) is 15.4. The molecular formula is C15H23NO5. The molecule has 1 heterocycles. The van der Waals surface area contributed by atoms with Gasteiger partial charge in [-0.15, -0.1) is 0 Å². The van der Waals surface area contributed by atoms with Crippen LogP contribution < -0.4 is 0 Å². The van der Waals surface area contributed by atoms with Crippen LogP contribution in [-0.4, -0.2) is 48.3 Å². The van der Waals surface area contributed by atoms with Crippen LogP contribution >= 0.6 is 0 Å². The molecule has 0 spiro atoms. The van der Waals surface area contributed by atoms with Crippen LogP contribution in [0.3, 0.4) is 0 Å². The van der Waals surface area contributed by atoms with Gasteiger partial charge in [0.25, 0.3) is 0 Å². The van der Waals surface area contributed by atoms with E-state index in [4.69, 9.17) is 9.47 Å². The summed E-state index contributed by atoms with van der Waals surface area (Å²) >= 11 is 0. The number of hydrogen-bond acceptors (Lipinski definition) is 6. The van der Waals surface area contributed by atoms with Gasteiger partial charge in [-0.3, -0.25) is 0 Å². The van der Waals surface area contributed by atoms with E-state index in [1.54, 1.807) is 32.6 Å². The molecule has 0 saturated heterocycles. The number of β-amino-alcohol motifs (C(OH)–C–C–N with tert-alkyl or cyclic N) is 1. The van der Waals surface area contributed by atoms with Gasteiger partial charge in [0, 0.05) is 24.4 Å². The molecule has 0 amide bonds. The summed E-state index contributed by atoms with van der Waals surface area (Å²) in [4.78, 5) is 25.8. The molecule has 0 radical (unpaired) electrons. The highest BCUT2D eigenvalue weighted by molar-refractivity contribution is 5.96. The van der Waals surface area contributed by atoms with Crippen molar-refractivity contribution in [2.75, 3.05) is 26.4 Å². The molecule has 0 unspecified atom stereocenters. The van der Waals surface area contributed by atoms with Gasteiger partial charge in [-0.2, -0.15) is 0 Å². The second kappa shape index (κ2) is 7.83. The fourth-order valence-electron chi connectivity index (χ4n) is 2.32. The van der Waals surface area contributed by atoms with Crippen molar-refractivity contribution in [3.8, 4) is 0 Å². The van der Waals surface area contributed by atoms with Crippen LogP contribution in [0.15, 0.2) is 22.5 Å². The number of aliphatic hydroxyl groups excluding tert-OH is 1. The lowest BCUT2D eigenvalue weighted by Crippen LogP contribution is -2.32. The van der Waals surface area contributed by atoms with Gasteiger partial charge >= 0.3 is 11.9 Å². The van der Waals surface area contributed by atoms with Crippen molar-refractivity contribution >= 4 is 11.9 Å². The van der Waals surface area contributed by atoms with Crippen LogP contribution in [0.25, 0.3) is 0 Å². The third kappa shape index (κ3) is 3.85. The lowest BCUT2D eigenvalue weighted by atomic mass is 9.96. The van der Waals surface area contributed by atoms with E-state index in [1.807, 2.05) is 0 Å². The molecule has 118 valence electrons. The Morgan fingerprint density at radius 2 is 1.48 bits per heavy atom. The summed E-state index contributed by atoms with van der Waals surface area (Å²) in [5.74, 6) is -0.875. The van der Waals surface area contributed by atoms with Crippen LogP contribution in [-0.2, 0) is 19.1 Å². The predicted molar refractivity (Wildman–Crippen MR) is 77.1 cm³/mol. The molecule has 0 aromatic carbocycles. The van der Waals surface area contributed by atoms with Crippen LogP contribution in [0.5, 0.6) is 0 Å². The number of carbonyl (C=O) groups is 2. The number of carbonyl (C=O) groups excluding carboxylic acids is 2. The molecule has 1 aliphatic heterocycles. The Balaban J connectivity index is 3.17. The second-order valence-electron chi connectivity index (χ2n) is 4.62. The molecule has 1 aliphatic rings. The van der Waals surface area contributed by atoms with Gasteiger partial charge in [0.1, 0.15) is 0 Å². The van der Waals surface area contributed by atoms with E-state index in [1.165, 1.54) is 0 Å². The average Bonchev–Trinajstić information content (AvgIpc) is 2.44. The largest absolute Gasteiger partial charge is 0.463 e. The zero-order chi connectivity index (χ0) is 16.0. The Hall–Kier alpha value is -1.82. The standard InChI is InChI=1S/C15H23NO5/c1-5-20-14(18)12-9-13(15(19)21-6-2)11(4)16(7-8-17)10(12)3/h17H,5-9H2,1-4H3. The first-order chi connectivity index (χ1) is 9.97. The Labute approximate surface area is 125 Å².